The molecule has 2 rings (SSSR count). The van der Waals surface area contributed by atoms with Gasteiger partial charge in [-0.2, -0.15) is 0 Å². The number of hydrogen-bond acceptors (Lipinski definition) is 4. The van der Waals surface area contributed by atoms with Crippen molar-refractivity contribution in [1.29, 1.82) is 0 Å². The summed E-state index contributed by atoms with van der Waals surface area (Å²) in [5.74, 6) is 0.393. The van der Waals surface area contributed by atoms with Crippen LogP contribution in [0.2, 0.25) is 5.02 Å². The van der Waals surface area contributed by atoms with Gasteiger partial charge in [0.1, 0.15) is 0 Å². The Bertz CT molecular complexity index is 530. The summed E-state index contributed by atoms with van der Waals surface area (Å²) < 4.78 is 0. The molecule has 2 aromatic rings. The lowest BCUT2D eigenvalue weighted by atomic mass is 10.3. The number of nitrogens with one attached hydrogen (secondary N) is 2. The minimum atomic E-state index is -0.0623. The number of carbonyl (C=O) groups is 1. The monoisotopic (exact) mass is 276 g/mol. The molecule has 0 saturated carbocycles. The zero-order valence-electron chi connectivity index (χ0n) is 10.1. The van der Waals surface area contributed by atoms with Crippen LogP contribution in [-0.4, -0.2) is 22.4 Å². The Morgan fingerprint density at radius 2 is 1.84 bits per heavy atom. The van der Waals surface area contributed by atoms with Crippen molar-refractivity contribution in [2.75, 3.05) is 17.2 Å². The van der Waals surface area contributed by atoms with E-state index in [1.165, 1.54) is 12.4 Å². The highest BCUT2D eigenvalue weighted by molar-refractivity contribution is 6.30. The summed E-state index contributed by atoms with van der Waals surface area (Å²) >= 11 is 5.67. The third-order valence-electron chi connectivity index (χ3n) is 2.31. The van der Waals surface area contributed by atoms with Crippen molar-refractivity contribution in [3.05, 3.63) is 47.7 Å². The first kappa shape index (κ1) is 13.3. The van der Waals surface area contributed by atoms with E-state index in [4.69, 9.17) is 11.6 Å². The lowest BCUT2D eigenvalue weighted by molar-refractivity contribution is -0.115. The number of anilines is 2. The van der Waals surface area contributed by atoms with Crippen LogP contribution >= 0.6 is 11.6 Å². The molecule has 0 spiro atoms. The molecule has 6 heteroatoms. The van der Waals surface area contributed by atoms with Crippen LogP contribution in [0.1, 0.15) is 6.42 Å². The average molecular weight is 277 g/mol. The fourth-order valence-corrected chi connectivity index (χ4v) is 1.53. The summed E-state index contributed by atoms with van der Waals surface area (Å²) in [5, 5.41) is 6.22. The molecule has 0 atom stereocenters. The lowest BCUT2D eigenvalue weighted by Gasteiger charge is -2.06. The van der Waals surface area contributed by atoms with Crippen LogP contribution in [0.15, 0.2) is 42.7 Å². The lowest BCUT2D eigenvalue weighted by Crippen LogP contribution is -2.16. The maximum absolute atomic E-state index is 11.6. The van der Waals surface area contributed by atoms with Gasteiger partial charge in [0.15, 0.2) is 0 Å². The normalized spacial score (nSPS) is 9.95. The van der Waals surface area contributed by atoms with Gasteiger partial charge in [-0.15, -0.1) is 0 Å². The predicted octanol–water partition coefficient (Wildman–Crippen LogP) is 2.57. The van der Waals surface area contributed by atoms with Gasteiger partial charge in [0.25, 0.3) is 0 Å². The highest BCUT2D eigenvalue weighted by Gasteiger charge is 2.02. The Labute approximate surface area is 116 Å². The Morgan fingerprint density at radius 3 is 2.53 bits per heavy atom. The molecule has 0 radical (unpaired) electrons. The molecule has 2 N–H and O–H groups in total. The van der Waals surface area contributed by atoms with Gasteiger partial charge in [-0.05, 0) is 12.1 Å². The minimum Gasteiger partial charge on any atom is -0.354 e. The minimum absolute atomic E-state index is 0.0623. The third kappa shape index (κ3) is 4.56. The summed E-state index contributed by atoms with van der Waals surface area (Å²) in [6.07, 6.45) is 3.34. The predicted molar refractivity (Wildman–Crippen MR) is 75.2 cm³/mol. The number of benzene rings is 1. The number of aromatic nitrogens is 2. The summed E-state index contributed by atoms with van der Waals surface area (Å²) in [6.45, 7) is 0.459. The van der Waals surface area contributed by atoms with Crippen LogP contribution in [0.25, 0.3) is 0 Å². The fraction of sp³-hybridized carbons (Fsp3) is 0.154. The molecule has 1 aromatic heterocycles. The van der Waals surface area contributed by atoms with Gasteiger partial charge >= 0.3 is 0 Å². The number of halogens is 1. The van der Waals surface area contributed by atoms with Gasteiger partial charge in [-0.25, -0.2) is 9.97 Å². The van der Waals surface area contributed by atoms with Gasteiger partial charge in [-0.1, -0.05) is 29.8 Å². The fourth-order valence-electron chi connectivity index (χ4n) is 1.44. The first-order valence-electron chi connectivity index (χ1n) is 5.80. The molecule has 0 fully saturated rings. The van der Waals surface area contributed by atoms with Crippen molar-refractivity contribution >= 4 is 29.1 Å². The Morgan fingerprint density at radius 1 is 1.16 bits per heavy atom. The number of hydrogen-bond donors (Lipinski definition) is 2. The topological polar surface area (TPSA) is 66.9 Å². The number of nitrogens with zero attached hydrogens (tertiary/aromatic N) is 2. The molecule has 98 valence electrons. The molecule has 1 amide bonds. The van der Waals surface area contributed by atoms with Gasteiger partial charge in [0.2, 0.25) is 11.9 Å². The molecule has 0 bridgehead atoms. The Balaban J connectivity index is 1.74. The highest BCUT2D eigenvalue weighted by atomic mass is 35.5. The molecule has 0 aliphatic carbocycles. The maximum atomic E-state index is 11.6. The van der Waals surface area contributed by atoms with E-state index in [9.17, 15) is 4.79 Å². The smallest absolute Gasteiger partial charge is 0.226 e. The van der Waals surface area contributed by atoms with Crippen LogP contribution in [0.5, 0.6) is 0 Å². The van der Waals surface area contributed by atoms with Crippen LogP contribution in [-0.2, 0) is 4.79 Å². The zero-order valence-corrected chi connectivity index (χ0v) is 10.9. The first-order chi connectivity index (χ1) is 9.24. The van der Waals surface area contributed by atoms with Gasteiger partial charge in [-0.3, -0.25) is 4.79 Å². The van der Waals surface area contributed by atoms with Crippen molar-refractivity contribution in [2.45, 2.75) is 6.42 Å². The number of carbonyl (C=O) groups excluding carboxylic acids is 1. The van der Waals surface area contributed by atoms with E-state index in [1.807, 2.05) is 30.3 Å². The van der Waals surface area contributed by atoms with E-state index in [0.717, 1.165) is 5.69 Å². The van der Waals surface area contributed by atoms with Gasteiger partial charge in [0, 0.05) is 18.7 Å². The van der Waals surface area contributed by atoms with Crippen molar-refractivity contribution in [2.24, 2.45) is 0 Å². The molecule has 5 nitrogen and oxygen atoms in total. The van der Waals surface area contributed by atoms with Crippen molar-refractivity contribution < 1.29 is 4.79 Å². The van der Waals surface area contributed by atoms with Gasteiger partial charge in [0.05, 0.1) is 17.4 Å². The second kappa shape index (κ2) is 6.70. The third-order valence-corrected chi connectivity index (χ3v) is 2.51. The van der Waals surface area contributed by atoms with E-state index in [0.29, 0.717) is 23.9 Å². The molecule has 1 aromatic carbocycles. The first-order valence-corrected chi connectivity index (χ1v) is 6.18. The van der Waals surface area contributed by atoms with Crippen molar-refractivity contribution in [3.63, 3.8) is 0 Å². The molecule has 0 unspecified atom stereocenters. The van der Waals surface area contributed by atoms with E-state index >= 15 is 0 Å². The molecule has 0 aliphatic heterocycles. The maximum Gasteiger partial charge on any atom is 0.226 e. The van der Waals surface area contributed by atoms with Crippen molar-refractivity contribution in [3.8, 4) is 0 Å². The Hall–Kier alpha value is -2.14. The van der Waals surface area contributed by atoms with E-state index in [-0.39, 0.29) is 5.91 Å². The van der Waals surface area contributed by atoms with Crippen LogP contribution < -0.4 is 10.6 Å². The van der Waals surface area contributed by atoms with Gasteiger partial charge < -0.3 is 10.6 Å². The standard InChI is InChI=1S/C13H13ClN4O/c14-10-8-16-13(17-9-10)15-7-6-12(19)18-11-4-2-1-3-5-11/h1-5,8-9H,6-7H2,(H,18,19)(H,15,16,17). The van der Waals surface area contributed by atoms with E-state index in [1.54, 1.807) is 0 Å². The average Bonchev–Trinajstić information content (AvgIpc) is 2.42. The van der Waals surface area contributed by atoms with Crippen LogP contribution in [0.4, 0.5) is 11.6 Å². The van der Waals surface area contributed by atoms with Crippen LogP contribution in [0, 0.1) is 0 Å². The SMILES string of the molecule is O=C(CCNc1ncc(Cl)cn1)Nc1ccccc1. The summed E-state index contributed by atoms with van der Waals surface area (Å²) in [4.78, 5) is 19.6. The quantitative estimate of drug-likeness (QED) is 0.881. The zero-order chi connectivity index (χ0) is 13.5. The molecule has 0 aliphatic rings. The largest absolute Gasteiger partial charge is 0.354 e. The second-order valence-electron chi connectivity index (χ2n) is 3.82. The highest BCUT2D eigenvalue weighted by Crippen LogP contribution is 2.07. The second-order valence-corrected chi connectivity index (χ2v) is 4.25. The molecular weight excluding hydrogens is 264 g/mol. The molecule has 19 heavy (non-hydrogen) atoms. The van der Waals surface area contributed by atoms with Crippen molar-refractivity contribution in [1.82, 2.24) is 9.97 Å². The number of rotatable bonds is 5. The number of para-hydroxylation sites is 1. The molecule has 1 heterocycles. The molecule has 0 saturated heterocycles. The molecular formula is C13H13ClN4O. The van der Waals surface area contributed by atoms with E-state index in [2.05, 4.69) is 20.6 Å². The summed E-state index contributed by atoms with van der Waals surface area (Å²) in [7, 11) is 0. The summed E-state index contributed by atoms with van der Waals surface area (Å²) in [5.41, 5.74) is 0.787. The Kier molecular flexibility index (Phi) is 4.69. The van der Waals surface area contributed by atoms with Crippen LogP contribution in [0.3, 0.4) is 0 Å². The van der Waals surface area contributed by atoms with E-state index < -0.39 is 0 Å². The number of amides is 1. The summed E-state index contributed by atoms with van der Waals surface area (Å²) in [6, 6.07) is 9.32.